The van der Waals surface area contributed by atoms with Crippen LogP contribution in [0, 0.1) is 6.92 Å². The lowest BCUT2D eigenvalue weighted by Crippen LogP contribution is -2.55. The van der Waals surface area contributed by atoms with Crippen molar-refractivity contribution < 1.29 is 0 Å². The van der Waals surface area contributed by atoms with Crippen molar-refractivity contribution in [2.75, 3.05) is 0 Å². The summed E-state index contributed by atoms with van der Waals surface area (Å²) in [7, 11) is 32.5. The average molecular weight is 586 g/mol. The molecule has 8 rings (SSSR count). The summed E-state index contributed by atoms with van der Waals surface area (Å²) in [4.78, 5) is 4.77. The highest BCUT2D eigenvalue weighted by atomic mass is 15.1. The Kier molecular flexibility index (Phi) is 7.02. The Hall–Kier alpha value is -5.15. The number of para-hydroxylation sites is 2. The summed E-state index contributed by atoms with van der Waals surface area (Å²) < 4.78 is 2.19. The largest absolute Gasteiger partial charge is 0.297 e. The van der Waals surface area contributed by atoms with E-state index in [1.807, 2.05) is 55.5 Å². The highest BCUT2D eigenvalue weighted by Crippen LogP contribution is 2.44. The maximum atomic E-state index is 6.73. The first kappa shape index (κ1) is 29.3. The molecule has 0 bridgehead atoms. The van der Waals surface area contributed by atoms with Crippen LogP contribution in [0.2, 0.25) is 0 Å². The van der Waals surface area contributed by atoms with Crippen molar-refractivity contribution >= 4 is 99.1 Å². The number of fused-ring (bicyclic) bond motifs is 3. The van der Waals surface area contributed by atoms with Crippen molar-refractivity contribution in [2.45, 2.75) is 6.92 Å². The van der Waals surface area contributed by atoms with Crippen LogP contribution in [0.1, 0.15) is 5.82 Å². The van der Waals surface area contributed by atoms with Gasteiger partial charge in [-0.15, -0.1) is 16.4 Å². The van der Waals surface area contributed by atoms with Crippen LogP contribution in [-0.4, -0.2) is 48.8 Å². The van der Waals surface area contributed by atoms with Crippen molar-refractivity contribution in [3.8, 4) is 39.1 Å². The van der Waals surface area contributed by atoms with Crippen LogP contribution < -0.4 is 27.3 Å². The summed E-state index contributed by atoms with van der Waals surface area (Å²) in [6.07, 6.45) is 0. The molecule has 47 heavy (non-hydrogen) atoms. The van der Waals surface area contributed by atoms with E-state index in [4.69, 9.17) is 44.2 Å². The number of aromatic nitrogens is 2. The van der Waals surface area contributed by atoms with Gasteiger partial charge in [-0.1, -0.05) is 102 Å². The first-order valence-corrected chi connectivity index (χ1v) is 15.4. The van der Waals surface area contributed by atoms with E-state index in [1.54, 1.807) is 0 Å². The molecule has 7 aromatic carbocycles. The van der Waals surface area contributed by atoms with Crippen LogP contribution in [0.3, 0.4) is 0 Å². The van der Waals surface area contributed by atoms with Crippen molar-refractivity contribution in [2.24, 2.45) is 0 Å². The van der Waals surface area contributed by atoms with E-state index in [2.05, 4.69) is 77.4 Å². The van der Waals surface area contributed by atoms with Crippen molar-refractivity contribution in [1.29, 1.82) is 0 Å². The van der Waals surface area contributed by atoms with Gasteiger partial charge in [-0.25, -0.2) is 4.98 Å². The van der Waals surface area contributed by atoms with Gasteiger partial charge >= 0.3 is 0 Å². The standard InChI is InChI=1S/C40H23B5N2/c1-22-46-31-13-7-8-14-32(31)47(22)26-18-15-24(16-19-26)33-27-11-5-6-12-28(27)34(35-36(41)38(43)40(45)39(44)37(35)42)30-21-25(17-20-29(30)33)23-9-3-2-4-10-23/h2-21H,1H3. The van der Waals surface area contributed by atoms with Gasteiger partial charge in [0.2, 0.25) is 0 Å². The first-order valence-electron chi connectivity index (χ1n) is 15.4. The molecular formula is C40H23B5N2. The summed E-state index contributed by atoms with van der Waals surface area (Å²) in [6, 6.07) is 42.0. The molecule has 0 spiro atoms. The number of imidazole rings is 1. The second-order valence-electron chi connectivity index (χ2n) is 11.9. The summed E-state index contributed by atoms with van der Waals surface area (Å²) in [5.41, 5.74) is 10.2. The van der Waals surface area contributed by atoms with E-state index in [1.165, 1.54) is 0 Å². The van der Waals surface area contributed by atoms with Gasteiger partial charge in [0.25, 0.3) is 0 Å². The zero-order chi connectivity index (χ0) is 32.4. The third kappa shape index (κ3) is 4.60. The molecule has 0 fully saturated rings. The van der Waals surface area contributed by atoms with Gasteiger partial charge in [0, 0.05) is 5.69 Å². The van der Waals surface area contributed by atoms with Gasteiger partial charge in [-0.05, 0) is 92.2 Å². The second kappa shape index (κ2) is 11.3. The smallest absolute Gasteiger partial charge is 0.113 e. The zero-order valence-electron chi connectivity index (χ0n) is 25.8. The lowest BCUT2D eigenvalue weighted by atomic mass is 9.59. The Morgan fingerprint density at radius 1 is 0.447 bits per heavy atom. The molecule has 0 unspecified atom stereocenters. The Labute approximate surface area is 280 Å². The van der Waals surface area contributed by atoms with Crippen LogP contribution in [0.25, 0.3) is 71.6 Å². The molecule has 0 aliphatic heterocycles. The number of nitrogens with zero attached hydrogens (tertiary/aromatic N) is 2. The lowest BCUT2D eigenvalue weighted by molar-refractivity contribution is 1.00. The maximum Gasteiger partial charge on any atom is 0.113 e. The highest BCUT2D eigenvalue weighted by Gasteiger charge is 2.21. The third-order valence-electron chi connectivity index (χ3n) is 9.22. The van der Waals surface area contributed by atoms with Gasteiger partial charge in [0.05, 0.1) is 11.0 Å². The van der Waals surface area contributed by atoms with E-state index >= 15 is 0 Å². The lowest BCUT2D eigenvalue weighted by Gasteiger charge is -2.25. The summed E-state index contributed by atoms with van der Waals surface area (Å²) in [5, 5.41) is 4.04. The average Bonchev–Trinajstić information content (AvgIpc) is 3.45. The van der Waals surface area contributed by atoms with E-state index in [0.29, 0.717) is 16.5 Å². The van der Waals surface area contributed by atoms with E-state index in [9.17, 15) is 0 Å². The topological polar surface area (TPSA) is 17.8 Å². The van der Waals surface area contributed by atoms with E-state index < -0.39 is 0 Å². The van der Waals surface area contributed by atoms with Crippen LogP contribution in [0.15, 0.2) is 121 Å². The minimum Gasteiger partial charge on any atom is -0.297 e. The predicted octanol–water partition coefficient (Wildman–Crippen LogP) is 4.61. The molecule has 0 atom stereocenters. The molecule has 8 aromatic rings. The molecule has 7 heteroatoms. The van der Waals surface area contributed by atoms with E-state index in [-0.39, 0.29) is 16.4 Å². The van der Waals surface area contributed by atoms with Gasteiger partial charge in [0.1, 0.15) is 45.1 Å². The molecule has 0 aliphatic carbocycles. The molecule has 1 aromatic heterocycles. The third-order valence-corrected chi connectivity index (χ3v) is 9.22. The molecule has 2 nitrogen and oxygen atoms in total. The monoisotopic (exact) mass is 586 g/mol. The highest BCUT2D eigenvalue weighted by molar-refractivity contribution is 6.69. The van der Waals surface area contributed by atoms with Gasteiger partial charge < -0.3 is 0 Å². The van der Waals surface area contributed by atoms with Crippen LogP contribution in [0.5, 0.6) is 0 Å². The first-order chi connectivity index (χ1) is 22.8. The normalized spacial score (nSPS) is 11.5. The molecule has 0 amide bonds. The molecule has 0 saturated heterocycles. The quantitative estimate of drug-likeness (QED) is 0.218. The zero-order valence-corrected chi connectivity index (χ0v) is 25.8. The van der Waals surface area contributed by atoms with Crippen LogP contribution in [-0.2, 0) is 0 Å². The van der Waals surface area contributed by atoms with Crippen molar-refractivity contribution in [3.63, 3.8) is 0 Å². The number of hydrogen-bond donors (Lipinski definition) is 0. The fraction of sp³-hybridized carbons (Fsp3) is 0.0250. The number of hydrogen-bond acceptors (Lipinski definition) is 1. The number of rotatable bonds is 4. The molecule has 10 radical (unpaired) electrons. The molecular weight excluding hydrogens is 563 g/mol. The number of aryl methyl sites for hydroxylation is 1. The Morgan fingerprint density at radius 3 is 1.70 bits per heavy atom. The Morgan fingerprint density at radius 2 is 1.00 bits per heavy atom. The Bertz CT molecular complexity index is 2490. The van der Waals surface area contributed by atoms with Crippen LogP contribution >= 0.6 is 0 Å². The molecule has 0 saturated carbocycles. The SMILES string of the molecule is [B]c1c([B])c([B])c(-c2c3ccccc3c(-c3ccc(-n4c(C)nc5ccccc54)cc3)c3ccc(-c4ccccc4)cc23)c([B])c1[B]. The summed E-state index contributed by atoms with van der Waals surface area (Å²) >= 11 is 0. The van der Waals surface area contributed by atoms with E-state index in [0.717, 1.165) is 71.9 Å². The second-order valence-corrected chi connectivity index (χ2v) is 11.9. The summed E-state index contributed by atoms with van der Waals surface area (Å²) in [5.74, 6) is 0.935. The molecule has 0 N–H and O–H groups in total. The molecule has 0 aliphatic rings. The van der Waals surface area contributed by atoms with Crippen molar-refractivity contribution in [3.05, 3.63) is 127 Å². The van der Waals surface area contributed by atoms with Gasteiger partial charge in [0.15, 0.2) is 0 Å². The van der Waals surface area contributed by atoms with Crippen molar-refractivity contribution in [1.82, 2.24) is 9.55 Å². The predicted molar refractivity (Wildman–Crippen MR) is 204 cm³/mol. The fourth-order valence-corrected chi connectivity index (χ4v) is 6.94. The molecule has 208 valence electrons. The minimum absolute atomic E-state index is 0.194. The minimum atomic E-state index is 0.194. The molecule has 1 heterocycles. The number of benzene rings is 7. The Balaban J connectivity index is 1.45. The van der Waals surface area contributed by atoms with Crippen LogP contribution in [0.4, 0.5) is 0 Å². The van der Waals surface area contributed by atoms with Gasteiger partial charge in [-0.3, -0.25) is 4.57 Å². The van der Waals surface area contributed by atoms with Gasteiger partial charge in [-0.2, -0.15) is 0 Å². The fourth-order valence-electron chi connectivity index (χ4n) is 6.94. The summed E-state index contributed by atoms with van der Waals surface area (Å²) in [6.45, 7) is 2.03. The maximum absolute atomic E-state index is 6.73.